The number of amides is 2. The summed E-state index contributed by atoms with van der Waals surface area (Å²) in [5.74, 6) is -0.512. The lowest BCUT2D eigenvalue weighted by molar-refractivity contribution is -0.129. The molecule has 1 aromatic rings. The Labute approximate surface area is 136 Å². The van der Waals surface area contributed by atoms with Crippen LogP contribution in [0.1, 0.15) is 26.3 Å². The van der Waals surface area contributed by atoms with Crippen molar-refractivity contribution in [1.82, 2.24) is 10.6 Å². The lowest BCUT2D eigenvalue weighted by Crippen LogP contribution is -2.49. The fourth-order valence-corrected chi connectivity index (χ4v) is 2.56. The molecule has 0 aliphatic carbocycles. The molecule has 23 heavy (non-hydrogen) atoms. The highest BCUT2D eigenvalue weighted by Gasteiger charge is 2.22. The van der Waals surface area contributed by atoms with E-state index in [0.717, 1.165) is 5.56 Å². The molecule has 0 heterocycles. The van der Waals surface area contributed by atoms with Crippen LogP contribution in [-0.4, -0.2) is 32.8 Å². The predicted octanol–water partition coefficient (Wildman–Crippen LogP) is 0.153. The van der Waals surface area contributed by atoms with Crippen molar-refractivity contribution < 1.29 is 18.0 Å². The predicted molar refractivity (Wildman–Crippen MR) is 87.0 cm³/mol. The lowest BCUT2D eigenvalue weighted by Gasteiger charge is -2.20. The summed E-state index contributed by atoms with van der Waals surface area (Å²) in [5, 5.41) is 10.4. The highest BCUT2D eigenvalue weighted by molar-refractivity contribution is 7.89. The Balaban J connectivity index is 2.55. The molecular formula is C15H23N3O4S. The van der Waals surface area contributed by atoms with E-state index in [1.807, 2.05) is 13.8 Å². The number of primary sulfonamides is 1. The van der Waals surface area contributed by atoms with Gasteiger partial charge in [-0.15, -0.1) is 0 Å². The molecule has 0 saturated carbocycles. The molecule has 0 bridgehead atoms. The number of benzene rings is 1. The first-order valence-electron chi connectivity index (χ1n) is 7.28. The fourth-order valence-electron chi connectivity index (χ4n) is 2.04. The van der Waals surface area contributed by atoms with Crippen molar-refractivity contribution in [3.8, 4) is 0 Å². The summed E-state index contributed by atoms with van der Waals surface area (Å²) in [6.07, 6.45) is 0.543. The van der Waals surface area contributed by atoms with Crippen molar-refractivity contribution >= 4 is 21.8 Å². The molecule has 0 fully saturated rings. The Morgan fingerprint density at radius 2 is 1.74 bits per heavy atom. The molecule has 8 heteroatoms. The molecule has 0 radical (unpaired) electrons. The normalized spacial score (nSPS) is 12.7. The second-order valence-electron chi connectivity index (χ2n) is 5.65. The van der Waals surface area contributed by atoms with E-state index in [-0.39, 0.29) is 22.6 Å². The average Bonchev–Trinajstić information content (AvgIpc) is 2.43. The van der Waals surface area contributed by atoms with Gasteiger partial charge in [0.2, 0.25) is 21.8 Å². The van der Waals surface area contributed by atoms with Crippen LogP contribution in [-0.2, 0) is 26.0 Å². The molecule has 1 unspecified atom stereocenters. The van der Waals surface area contributed by atoms with Crippen molar-refractivity contribution in [1.29, 1.82) is 0 Å². The Bertz CT molecular complexity index is 654. The first-order chi connectivity index (χ1) is 10.6. The summed E-state index contributed by atoms with van der Waals surface area (Å²) in [4.78, 5) is 23.2. The number of nitrogens with one attached hydrogen (secondary N) is 2. The van der Waals surface area contributed by atoms with E-state index in [2.05, 4.69) is 10.6 Å². The second-order valence-corrected chi connectivity index (χ2v) is 7.21. The number of rotatable bonds is 7. The molecule has 0 aliphatic rings. The van der Waals surface area contributed by atoms with Crippen LogP contribution in [0.5, 0.6) is 0 Å². The number of carbonyl (C=O) groups excluding carboxylic acids is 2. The van der Waals surface area contributed by atoms with Crippen molar-refractivity contribution in [2.75, 3.05) is 6.54 Å². The summed E-state index contributed by atoms with van der Waals surface area (Å²) in [5.41, 5.74) is 0.873. The Hall–Kier alpha value is -1.93. The van der Waals surface area contributed by atoms with Crippen LogP contribution in [0.3, 0.4) is 0 Å². The molecule has 1 aromatic carbocycles. The van der Waals surface area contributed by atoms with Crippen LogP contribution in [0.25, 0.3) is 0 Å². The Morgan fingerprint density at radius 1 is 1.17 bits per heavy atom. The molecule has 7 nitrogen and oxygen atoms in total. The van der Waals surface area contributed by atoms with Gasteiger partial charge in [0.05, 0.1) is 4.90 Å². The minimum Gasteiger partial charge on any atom is -0.354 e. The van der Waals surface area contributed by atoms with Crippen LogP contribution in [0.4, 0.5) is 0 Å². The van der Waals surface area contributed by atoms with Crippen molar-refractivity contribution in [3.05, 3.63) is 29.8 Å². The number of nitrogens with two attached hydrogens (primary N) is 1. The van der Waals surface area contributed by atoms with E-state index in [1.54, 1.807) is 12.1 Å². The third-order valence-corrected chi connectivity index (χ3v) is 4.20. The van der Waals surface area contributed by atoms with Gasteiger partial charge in [0.15, 0.2) is 0 Å². The summed E-state index contributed by atoms with van der Waals surface area (Å²) in [7, 11) is -3.70. The third kappa shape index (κ3) is 6.37. The molecule has 1 atom stereocenters. The first-order valence-corrected chi connectivity index (χ1v) is 8.82. The maximum Gasteiger partial charge on any atom is 0.242 e. The first kappa shape index (κ1) is 19.1. The molecular weight excluding hydrogens is 318 g/mol. The van der Waals surface area contributed by atoms with Crippen LogP contribution in [0, 0.1) is 5.92 Å². The Morgan fingerprint density at radius 3 is 2.17 bits per heavy atom. The highest BCUT2D eigenvalue weighted by Crippen LogP contribution is 2.09. The van der Waals surface area contributed by atoms with Crippen LogP contribution >= 0.6 is 0 Å². The standard InChI is InChI=1S/C15H23N3O4S/c1-10(2)14(18-11(3)19)15(20)17-9-8-12-4-6-13(7-5-12)23(16,21)22/h4-7,10,14H,8-9H2,1-3H3,(H,17,20)(H,18,19)(H2,16,21,22). The monoisotopic (exact) mass is 341 g/mol. The summed E-state index contributed by atoms with van der Waals surface area (Å²) < 4.78 is 22.3. The van der Waals surface area contributed by atoms with E-state index in [9.17, 15) is 18.0 Å². The maximum atomic E-state index is 12.1. The van der Waals surface area contributed by atoms with Gasteiger partial charge in [-0.3, -0.25) is 9.59 Å². The SMILES string of the molecule is CC(=O)NC(C(=O)NCCc1ccc(S(N)(=O)=O)cc1)C(C)C. The van der Waals surface area contributed by atoms with Gasteiger partial charge < -0.3 is 10.6 Å². The Kier molecular flexibility index (Phi) is 6.71. The molecule has 128 valence electrons. The van der Waals surface area contributed by atoms with Gasteiger partial charge in [-0.1, -0.05) is 26.0 Å². The van der Waals surface area contributed by atoms with Gasteiger partial charge in [-0.25, -0.2) is 13.6 Å². The number of hydrogen-bond acceptors (Lipinski definition) is 4. The molecule has 0 spiro atoms. The average molecular weight is 341 g/mol. The smallest absolute Gasteiger partial charge is 0.242 e. The van der Waals surface area contributed by atoms with Gasteiger partial charge >= 0.3 is 0 Å². The summed E-state index contributed by atoms with van der Waals surface area (Å²) in [6.45, 7) is 5.46. The van der Waals surface area contributed by atoms with E-state index in [1.165, 1.54) is 19.1 Å². The maximum absolute atomic E-state index is 12.1. The van der Waals surface area contributed by atoms with Gasteiger partial charge in [0, 0.05) is 13.5 Å². The number of sulfonamides is 1. The molecule has 1 rings (SSSR count). The van der Waals surface area contributed by atoms with Gasteiger partial charge in [0.1, 0.15) is 6.04 Å². The number of hydrogen-bond donors (Lipinski definition) is 3. The molecule has 4 N–H and O–H groups in total. The molecule has 0 aromatic heterocycles. The zero-order valence-electron chi connectivity index (χ0n) is 13.5. The van der Waals surface area contributed by atoms with E-state index >= 15 is 0 Å². The second kappa shape index (κ2) is 8.07. The highest BCUT2D eigenvalue weighted by atomic mass is 32.2. The molecule has 0 saturated heterocycles. The van der Waals surface area contributed by atoms with Crippen LogP contribution < -0.4 is 15.8 Å². The summed E-state index contributed by atoms with van der Waals surface area (Å²) >= 11 is 0. The molecule has 0 aliphatic heterocycles. The van der Waals surface area contributed by atoms with Crippen LogP contribution in [0.15, 0.2) is 29.2 Å². The van der Waals surface area contributed by atoms with Gasteiger partial charge in [0.25, 0.3) is 0 Å². The minimum absolute atomic E-state index is 0.0204. The van der Waals surface area contributed by atoms with Crippen molar-refractivity contribution in [3.63, 3.8) is 0 Å². The van der Waals surface area contributed by atoms with E-state index in [0.29, 0.717) is 13.0 Å². The third-order valence-electron chi connectivity index (χ3n) is 3.27. The van der Waals surface area contributed by atoms with Gasteiger partial charge in [-0.05, 0) is 30.0 Å². The lowest BCUT2D eigenvalue weighted by atomic mass is 10.0. The minimum atomic E-state index is -3.70. The zero-order chi connectivity index (χ0) is 17.6. The van der Waals surface area contributed by atoms with Crippen LogP contribution in [0.2, 0.25) is 0 Å². The van der Waals surface area contributed by atoms with Crippen molar-refractivity contribution in [2.24, 2.45) is 11.1 Å². The zero-order valence-corrected chi connectivity index (χ0v) is 14.3. The van der Waals surface area contributed by atoms with E-state index < -0.39 is 16.1 Å². The summed E-state index contributed by atoms with van der Waals surface area (Å²) in [6, 6.07) is 5.60. The quantitative estimate of drug-likeness (QED) is 0.654. The van der Waals surface area contributed by atoms with Crippen molar-refractivity contribution in [2.45, 2.75) is 38.1 Å². The van der Waals surface area contributed by atoms with Gasteiger partial charge in [-0.2, -0.15) is 0 Å². The molecule has 2 amide bonds. The fraction of sp³-hybridized carbons (Fsp3) is 0.467. The number of carbonyl (C=O) groups is 2. The van der Waals surface area contributed by atoms with E-state index in [4.69, 9.17) is 5.14 Å². The largest absolute Gasteiger partial charge is 0.354 e. The topological polar surface area (TPSA) is 118 Å².